The smallest absolute Gasteiger partial charge is 0.0708 e. The second kappa shape index (κ2) is 6.95. The van der Waals surface area contributed by atoms with Crippen molar-refractivity contribution in [3.8, 4) is 0 Å². The van der Waals surface area contributed by atoms with Crippen molar-refractivity contribution in [3.05, 3.63) is 18.0 Å². The Balaban J connectivity index is 2.05. The van der Waals surface area contributed by atoms with E-state index < -0.39 is 5.60 Å². The molecule has 0 aromatic carbocycles. The monoisotopic (exact) mass is 292 g/mol. The van der Waals surface area contributed by atoms with Gasteiger partial charge in [0.05, 0.1) is 17.3 Å². The zero-order chi connectivity index (χ0) is 15.5. The Bertz CT molecular complexity index is 420. The molecule has 0 aliphatic heterocycles. The minimum atomic E-state index is -0.614. The van der Waals surface area contributed by atoms with Gasteiger partial charge in [-0.3, -0.25) is 4.68 Å². The number of rotatable bonds is 7. The van der Waals surface area contributed by atoms with Gasteiger partial charge in [-0.05, 0) is 43.6 Å². The molecule has 2 rings (SSSR count). The summed E-state index contributed by atoms with van der Waals surface area (Å²) >= 11 is 0. The van der Waals surface area contributed by atoms with E-state index in [2.05, 4.69) is 44.6 Å². The largest absolute Gasteiger partial charge is 0.389 e. The van der Waals surface area contributed by atoms with Crippen molar-refractivity contribution >= 4 is 0 Å². The molecule has 0 unspecified atom stereocenters. The Morgan fingerprint density at radius 2 is 1.76 bits per heavy atom. The van der Waals surface area contributed by atoms with Gasteiger partial charge in [-0.2, -0.15) is 5.10 Å². The Hall–Kier alpha value is -0.830. The Labute approximate surface area is 129 Å². The summed E-state index contributed by atoms with van der Waals surface area (Å²) < 4.78 is 2.13. The van der Waals surface area contributed by atoms with Crippen LogP contribution in [0.15, 0.2) is 12.3 Å². The molecule has 1 aromatic rings. The molecule has 1 N–H and O–H groups in total. The van der Waals surface area contributed by atoms with E-state index in [1.54, 1.807) is 0 Å². The Morgan fingerprint density at radius 1 is 1.19 bits per heavy atom. The quantitative estimate of drug-likeness (QED) is 0.810. The molecular weight excluding hydrogens is 260 g/mol. The standard InChI is InChI=1S/C18H32N2O/c1-14(2)11-18(21,12-15(3)4)13-16-9-10-20(19-16)17-7-5-6-8-17/h9-10,14-15,17,21H,5-8,11-13H2,1-4H3. The van der Waals surface area contributed by atoms with E-state index in [1.165, 1.54) is 25.7 Å². The van der Waals surface area contributed by atoms with Gasteiger partial charge in [-0.1, -0.05) is 40.5 Å². The fourth-order valence-corrected chi connectivity index (χ4v) is 3.93. The highest BCUT2D eigenvalue weighted by Crippen LogP contribution is 2.31. The topological polar surface area (TPSA) is 38.0 Å². The SMILES string of the molecule is CC(C)CC(O)(Cc1ccn(C2CCCC2)n1)CC(C)C. The molecule has 21 heavy (non-hydrogen) atoms. The molecule has 3 nitrogen and oxygen atoms in total. The number of nitrogens with zero attached hydrogens (tertiary/aromatic N) is 2. The lowest BCUT2D eigenvalue weighted by Gasteiger charge is -2.31. The van der Waals surface area contributed by atoms with Crippen molar-refractivity contribution in [1.29, 1.82) is 0 Å². The molecular formula is C18H32N2O. The van der Waals surface area contributed by atoms with Gasteiger partial charge in [0, 0.05) is 12.6 Å². The van der Waals surface area contributed by atoms with E-state index >= 15 is 0 Å². The lowest BCUT2D eigenvalue weighted by molar-refractivity contribution is -0.000210. The van der Waals surface area contributed by atoms with Crippen LogP contribution in [0.3, 0.4) is 0 Å². The van der Waals surface area contributed by atoms with Crippen LogP contribution in [0.5, 0.6) is 0 Å². The zero-order valence-electron chi connectivity index (χ0n) is 14.2. The highest BCUT2D eigenvalue weighted by molar-refractivity contribution is 5.05. The highest BCUT2D eigenvalue weighted by Gasteiger charge is 2.30. The summed E-state index contributed by atoms with van der Waals surface area (Å²) in [6, 6.07) is 2.69. The number of aromatic nitrogens is 2. The summed E-state index contributed by atoms with van der Waals surface area (Å²) in [5, 5.41) is 15.8. The van der Waals surface area contributed by atoms with Gasteiger partial charge in [-0.15, -0.1) is 0 Å². The first-order valence-electron chi connectivity index (χ1n) is 8.64. The predicted octanol–water partition coefficient (Wildman–Crippen LogP) is 4.36. The number of aliphatic hydroxyl groups is 1. The fourth-order valence-electron chi connectivity index (χ4n) is 3.93. The van der Waals surface area contributed by atoms with Gasteiger partial charge in [0.25, 0.3) is 0 Å². The average Bonchev–Trinajstić information content (AvgIpc) is 2.94. The summed E-state index contributed by atoms with van der Waals surface area (Å²) in [5.41, 5.74) is 0.433. The Kier molecular flexibility index (Phi) is 5.48. The maximum atomic E-state index is 11.0. The van der Waals surface area contributed by atoms with E-state index in [4.69, 9.17) is 5.10 Å². The molecule has 0 spiro atoms. The van der Waals surface area contributed by atoms with Gasteiger partial charge in [-0.25, -0.2) is 0 Å². The minimum Gasteiger partial charge on any atom is -0.389 e. The van der Waals surface area contributed by atoms with Gasteiger partial charge >= 0.3 is 0 Å². The molecule has 3 heteroatoms. The molecule has 1 aliphatic carbocycles. The second-order valence-corrected chi connectivity index (χ2v) is 7.82. The molecule has 1 aliphatic rings. The first-order chi connectivity index (χ1) is 9.88. The normalized spacial score (nSPS) is 17.3. The van der Waals surface area contributed by atoms with Gasteiger partial charge < -0.3 is 5.11 Å². The van der Waals surface area contributed by atoms with Crippen molar-refractivity contribution in [2.45, 2.75) is 84.3 Å². The summed E-state index contributed by atoms with van der Waals surface area (Å²) in [6.45, 7) is 8.73. The Morgan fingerprint density at radius 3 is 2.29 bits per heavy atom. The van der Waals surface area contributed by atoms with E-state index in [1.807, 2.05) is 0 Å². The second-order valence-electron chi connectivity index (χ2n) is 7.82. The first kappa shape index (κ1) is 16.5. The molecule has 1 heterocycles. The third-order valence-corrected chi connectivity index (χ3v) is 4.45. The molecule has 120 valence electrons. The average molecular weight is 292 g/mol. The maximum absolute atomic E-state index is 11.0. The van der Waals surface area contributed by atoms with Crippen molar-refractivity contribution in [1.82, 2.24) is 9.78 Å². The van der Waals surface area contributed by atoms with E-state index in [0.717, 1.165) is 18.5 Å². The van der Waals surface area contributed by atoms with Crippen LogP contribution in [0.25, 0.3) is 0 Å². The summed E-state index contributed by atoms with van der Waals surface area (Å²) in [7, 11) is 0. The summed E-state index contributed by atoms with van der Waals surface area (Å²) in [6.07, 6.45) is 9.64. The molecule has 0 saturated heterocycles. The molecule has 0 atom stereocenters. The van der Waals surface area contributed by atoms with Gasteiger partial charge in [0.1, 0.15) is 0 Å². The number of hydrogen-bond acceptors (Lipinski definition) is 2. The summed E-state index contributed by atoms with van der Waals surface area (Å²) in [4.78, 5) is 0. The predicted molar refractivity (Wildman–Crippen MR) is 87.3 cm³/mol. The van der Waals surface area contributed by atoms with Crippen LogP contribution in [0.4, 0.5) is 0 Å². The zero-order valence-corrected chi connectivity index (χ0v) is 14.2. The van der Waals surface area contributed by atoms with Crippen molar-refractivity contribution < 1.29 is 5.11 Å². The lowest BCUT2D eigenvalue weighted by Crippen LogP contribution is -2.35. The van der Waals surface area contributed by atoms with Crippen LogP contribution < -0.4 is 0 Å². The third-order valence-electron chi connectivity index (χ3n) is 4.45. The van der Waals surface area contributed by atoms with Gasteiger partial charge in [0.2, 0.25) is 0 Å². The minimum absolute atomic E-state index is 0.505. The molecule has 1 fully saturated rings. The molecule has 0 bridgehead atoms. The molecule has 1 saturated carbocycles. The van der Waals surface area contributed by atoms with Crippen molar-refractivity contribution in [2.24, 2.45) is 11.8 Å². The van der Waals surface area contributed by atoms with Gasteiger partial charge in [0.15, 0.2) is 0 Å². The van der Waals surface area contributed by atoms with Crippen LogP contribution in [0.1, 0.15) is 78.0 Å². The van der Waals surface area contributed by atoms with Crippen LogP contribution in [0.2, 0.25) is 0 Å². The first-order valence-corrected chi connectivity index (χ1v) is 8.64. The van der Waals surface area contributed by atoms with Crippen molar-refractivity contribution in [2.75, 3.05) is 0 Å². The molecule has 0 radical (unpaired) electrons. The molecule has 0 amide bonds. The lowest BCUT2D eigenvalue weighted by atomic mass is 9.82. The molecule has 1 aromatic heterocycles. The third kappa shape index (κ3) is 4.84. The van der Waals surface area contributed by atoms with E-state index in [-0.39, 0.29) is 0 Å². The van der Waals surface area contributed by atoms with Crippen molar-refractivity contribution in [3.63, 3.8) is 0 Å². The van der Waals surface area contributed by atoms with E-state index in [0.29, 0.717) is 24.3 Å². The fraction of sp³-hybridized carbons (Fsp3) is 0.833. The maximum Gasteiger partial charge on any atom is 0.0708 e. The van der Waals surface area contributed by atoms with Crippen LogP contribution in [-0.2, 0) is 6.42 Å². The summed E-state index contributed by atoms with van der Waals surface area (Å²) in [5.74, 6) is 1.01. The van der Waals surface area contributed by atoms with Crippen LogP contribution in [0, 0.1) is 11.8 Å². The number of hydrogen-bond donors (Lipinski definition) is 1. The van der Waals surface area contributed by atoms with Crippen LogP contribution >= 0.6 is 0 Å². The highest BCUT2D eigenvalue weighted by atomic mass is 16.3. The van der Waals surface area contributed by atoms with Crippen LogP contribution in [-0.4, -0.2) is 20.5 Å². The van der Waals surface area contributed by atoms with E-state index in [9.17, 15) is 5.11 Å².